The van der Waals surface area contributed by atoms with Gasteiger partial charge in [0.25, 0.3) is 0 Å². The van der Waals surface area contributed by atoms with Crippen LogP contribution in [0.4, 0.5) is 0 Å². The highest BCUT2D eigenvalue weighted by atomic mass is 16.7. The van der Waals surface area contributed by atoms with Crippen LogP contribution in [0.2, 0.25) is 0 Å². The average Bonchev–Trinajstić information content (AvgIpc) is 3.55. The summed E-state index contributed by atoms with van der Waals surface area (Å²) in [6, 6.07) is 0. The first-order chi connectivity index (χ1) is 27.3. The van der Waals surface area contributed by atoms with Crippen molar-refractivity contribution in [3.8, 4) is 0 Å². The van der Waals surface area contributed by atoms with Crippen LogP contribution in [0.5, 0.6) is 0 Å². The highest BCUT2D eigenvalue weighted by molar-refractivity contribution is 5.69. The molecule has 4 fully saturated rings. The molecule has 57 heavy (non-hydrogen) atoms. The van der Waals surface area contributed by atoms with Crippen molar-refractivity contribution in [1.82, 2.24) is 0 Å². The number of allylic oxidation sites excluding steroid dienone is 1. The Morgan fingerprint density at radius 3 is 2.09 bits per heavy atom. The summed E-state index contributed by atoms with van der Waals surface area (Å²) in [5.74, 6) is 5.17. The monoisotopic (exact) mass is 801 g/mol. The van der Waals surface area contributed by atoms with E-state index in [-0.39, 0.29) is 24.1 Å². The molecule has 1 heterocycles. The molecule has 0 aromatic carbocycles. The second kappa shape index (κ2) is 22.2. The Labute approximate surface area is 349 Å². The Kier molecular flexibility index (Phi) is 18.3. The molecule has 3 N–H and O–H groups in total. The number of carbonyl (C=O) groups excluding carboxylic acids is 1. The molecule has 5 unspecified atom stereocenters. The van der Waals surface area contributed by atoms with Gasteiger partial charge in [0.15, 0.2) is 6.29 Å². The van der Waals surface area contributed by atoms with E-state index in [1.807, 2.05) is 0 Å². The predicted octanol–water partition coefficient (Wildman–Crippen LogP) is 11.5. The number of rotatable bonds is 23. The zero-order valence-electron chi connectivity index (χ0n) is 37.7. The van der Waals surface area contributed by atoms with Gasteiger partial charge in [-0.05, 0) is 110 Å². The summed E-state index contributed by atoms with van der Waals surface area (Å²) in [6.45, 7) is 17.0. The number of fused-ring (bicyclic) bond motifs is 5. The maximum absolute atomic E-state index is 12.6. The van der Waals surface area contributed by atoms with Crippen LogP contribution in [0, 0.1) is 52.3 Å². The summed E-state index contributed by atoms with van der Waals surface area (Å²) in [6.07, 6.45) is 24.8. The predicted molar refractivity (Wildman–Crippen MR) is 230 cm³/mol. The third-order valence-electron chi connectivity index (χ3n) is 16.9. The van der Waals surface area contributed by atoms with Crippen LogP contribution in [0.3, 0.4) is 0 Å². The van der Waals surface area contributed by atoms with Crippen molar-refractivity contribution in [2.24, 2.45) is 52.3 Å². The third-order valence-corrected chi connectivity index (χ3v) is 16.9. The van der Waals surface area contributed by atoms with Crippen LogP contribution in [0.1, 0.15) is 203 Å². The normalized spacial score (nSPS) is 37.6. The van der Waals surface area contributed by atoms with Gasteiger partial charge in [-0.3, -0.25) is 4.79 Å². The molecule has 0 amide bonds. The van der Waals surface area contributed by atoms with Gasteiger partial charge >= 0.3 is 5.97 Å². The Morgan fingerprint density at radius 2 is 1.44 bits per heavy atom. The molecule has 330 valence electrons. The first kappa shape index (κ1) is 47.1. The van der Waals surface area contributed by atoms with Crippen LogP contribution in [-0.4, -0.2) is 64.7 Å². The first-order valence-electron chi connectivity index (χ1n) is 24.5. The topological polar surface area (TPSA) is 105 Å². The standard InChI is InChI=1S/C50H88O7/c1-8-9-10-11-12-13-14-15-16-17-18-19-20-21-44(51)55-33-43-45(52)46(53)47(54)48(57-43)56-38-28-30-49(6)37(32-38)24-25-39-41-27-26-40(50(41,7)31-29-42(39)49)36(5)23-22-35(4)34(2)3/h24,34-36,38-43,45-48,52-54H,8-23,25-33H2,1-7H3/t35?,36?,38-,39?,40+,41?,42?,43+,45+,46-,47+,48+,49-,50+/m0/s1. The molecule has 5 aliphatic rings. The van der Waals surface area contributed by atoms with Gasteiger partial charge in [-0.15, -0.1) is 0 Å². The largest absolute Gasteiger partial charge is 0.463 e. The van der Waals surface area contributed by atoms with Crippen molar-refractivity contribution in [3.05, 3.63) is 11.6 Å². The Bertz CT molecular complexity index is 1230. The van der Waals surface area contributed by atoms with Gasteiger partial charge in [-0.25, -0.2) is 0 Å². The van der Waals surface area contributed by atoms with E-state index in [4.69, 9.17) is 14.2 Å². The lowest BCUT2D eigenvalue weighted by molar-refractivity contribution is -0.313. The molecule has 0 radical (unpaired) electrons. The number of esters is 1. The third kappa shape index (κ3) is 11.9. The van der Waals surface area contributed by atoms with Crippen molar-refractivity contribution in [1.29, 1.82) is 0 Å². The Hall–Kier alpha value is -0.990. The van der Waals surface area contributed by atoms with Crippen LogP contribution >= 0.6 is 0 Å². The van der Waals surface area contributed by atoms with E-state index in [2.05, 4.69) is 54.5 Å². The van der Waals surface area contributed by atoms with Crippen LogP contribution < -0.4 is 0 Å². The molecule has 1 saturated heterocycles. The van der Waals surface area contributed by atoms with E-state index in [0.717, 1.165) is 80.5 Å². The number of ether oxygens (including phenoxy) is 3. The Morgan fingerprint density at radius 1 is 0.789 bits per heavy atom. The number of hydrogen-bond acceptors (Lipinski definition) is 7. The summed E-state index contributed by atoms with van der Waals surface area (Å²) < 4.78 is 18.0. The molecule has 0 aromatic rings. The quantitative estimate of drug-likeness (QED) is 0.0537. The molecule has 14 atom stereocenters. The summed E-state index contributed by atoms with van der Waals surface area (Å²) in [5.41, 5.74) is 2.13. The molecule has 7 nitrogen and oxygen atoms in total. The van der Waals surface area contributed by atoms with E-state index >= 15 is 0 Å². The van der Waals surface area contributed by atoms with Crippen LogP contribution in [0.15, 0.2) is 11.6 Å². The minimum atomic E-state index is -1.44. The molecule has 4 aliphatic carbocycles. The lowest BCUT2D eigenvalue weighted by Crippen LogP contribution is -2.60. The number of aliphatic hydroxyl groups excluding tert-OH is 3. The van der Waals surface area contributed by atoms with Gasteiger partial charge in [0, 0.05) is 6.42 Å². The van der Waals surface area contributed by atoms with Gasteiger partial charge in [-0.2, -0.15) is 0 Å². The zero-order valence-corrected chi connectivity index (χ0v) is 37.7. The molecule has 0 bridgehead atoms. The number of carbonyl (C=O) groups is 1. The van der Waals surface area contributed by atoms with E-state index in [1.54, 1.807) is 0 Å². The number of hydrogen-bond donors (Lipinski definition) is 3. The first-order valence-corrected chi connectivity index (χ1v) is 24.5. The molecule has 0 aromatic heterocycles. The number of unbranched alkanes of at least 4 members (excludes halogenated alkanes) is 12. The second-order valence-corrected chi connectivity index (χ2v) is 21.0. The lowest BCUT2D eigenvalue weighted by atomic mass is 9.47. The van der Waals surface area contributed by atoms with E-state index in [0.29, 0.717) is 17.8 Å². The van der Waals surface area contributed by atoms with Gasteiger partial charge in [0.2, 0.25) is 0 Å². The molecule has 0 spiro atoms. The van der Waals surface area contributed by atoms with Gasteiger partial charge in [0.05, 0.1) is 6.10 Å². The summed E-state index contributed by atoms with van der Waals surface area (Å²) in [4.78, 5) is 12.6. The van der Waals surface area contributed by atoms with Crippen molar-refractivity contribution >= 4 is 5.97 Å². The second-order valence-electron chi connectivity index (χ2n) is 21.0. The van der Waals surface area contributed by atoms with Gasteiger partial charge in [-0.1, -0.05) is 150 Å². The SMILES string of the molecule is CCCCCCCCCCCCCCCC(=O)OC[C@H]1O[C@@H](O[C@H]2CC[C@@]3(C)C(=CCC4C3CC[C@@]3(C)C4CC[C@@H]3C(C)CCC(C)C(C)C)C2)[C@H](O)[C@@H](O)[C@@H]1O. The molecule has 5 rings (SSSR count). The van der Waals surface area contributed by atoms with E-state index in [9.17, 15) is 20.1 Å². The fourth-order valence-corrected chi connectivity index (χ4v) is 12.7. The smallest absolute Gasteiger partial charge is 0.305 e. The molecular weight excluding hydrogens is 713 g/mol. The highest BCUT2D eigenvalue weighted by Crippen LogP contribution is 2.67. The van der Waals surface area contributed by atoms with Crippen LogP contribution in [0.25, 0.3) is 0 Å². The molecule has 7 heteroatoms. The van der Waals surface area contributed by atoms with Crippen LogP contribution in [-0.2, 0) is 19.0 Å². The highest BCUT2D eigenvalue weighted by Gasteiger charge is 2.59. The zero-order chi connectivity index (χ0) is 41.2. The van der Waals surface area contributed by atoms with Gasteiger partial charge in [0.1, 0.15) is 31.0 Å². The van der Waals surface area contributed by atoms with Crippen molar-refractivity contribution in [2.45, 2.75) is 239 Å². The minimum absolute atomic E-state index is 0.138. The number of aliphatic hydroxyl groups is 3. The fraction of sp³-hybridized carbons (Fsp3) is 0.940. The van der Waals surface area contributed by atoms with E-state index < -0.39 is 30.7 Å². The summed E-state index contributed by atoms with van der Waals surface area (Å²) >= 11 is 0. The van der Waals surface area contributed by atoms with E-state index in [1.165, 1.54) is 108 Å². The van der Waals surface area contributed by atoms with Crippen molar-refractivity contribution in [2.75, 3.05) is 6.61 Å². The maximum Gasteiger partial charge on any atom is 0.305 e. The van der Waals surface area contributed by atoms with Crippen molar-refractivity contribution in [3.63, 3.8) is 0 Å². The minimum Gasteiger partial charge on any atom is -0.463 e. The average molecular weight is 801 g/mol. The summed E-state index contributed by atoms with van der Waals surface area (Å²) in [7, 11) is 0. The molecule has 1 aliphatic heterocycles. The lowest BCUT2D eigenvalue weighted by Gasteiger charge is -2.58. The maximum atomic E-state index is 12.6. The fourth-order valence-electron chi connectivity index (χ4n) is 12.7. The van der Waals surface area contributed by atoms with Crippen molar-refractivity contribution < 1.29 is 34.3 Å². The summed E-state index contributed by atoms with van der Waals surface area (Å²) in [5, 5.41) is 32.5. The Balaban J connectivity index is 1.04. The van der Waals surface area contributed by atoms with Gasteiger partial charge < -0.3 is 29.5 Å². The molecule has 3 saturated carbocycles. The molecular formula is C50H88O7.